The van der Waals surface area contributed by atoms with Gasteiger partial charge in [0.05, 0.1) is 13.7 Å². The van der Waals surface area contributed by atoms with E-state index in [1.807, 2.05) is 43.3 Å². The number of benzene rings is 2. The summed E-state index contributed by atoms with van der Waals surface area (Å²) >= 11 is 0. The summed E-state index contributed by atoms with van der Waals surface area (Å²) in [6.45, 7) is 2.64. The molecule has 0 aromatic heterocycles. The summed E-state index contributed by atoms with van der Waals surface area (Å²) in [4.78, 5) is 0. The zero-order valence-electron chi connectivity index (χ0n) is 12.4. The van der Waals surface area contributed by atoms with Crippen LogP contribution in [0.1, 0.15) is 34.5 Å². The SMILES string of the molecule is COc1ccc(C)cc1C(O)C1OCCc2ccccc21. The van der Waals surface area contributed by atoms with Crippen molar-refractivity contribution in [1.82, 2.24) is 0 Å². The number of rotatable bonds is 3. The monoisotopic (exact) mass is 284 g/mol. The van der Waals surface area contributed by atoms with Crippen molar-refractivity contribution in [2.24, 2.45) is 0 Å². The lowest BCUT2D eigenvalue weighted by Gasteiger charge is -2.30. The zero-order valence-corrected chi connectivity index (χ0v) is 12.4. The molecule has 1 aliphatic rings. The van der Waals surface area contributed by atoms with E-state index in [9.17, 15) is 5.11 Å². The second-order valence-corrected chi connectivity index (χ2v) is 5.43. The number of hydrogen-bond acceptors (Lipinski definition) is 3. The van der Waals surface area contributed by atoms with Crippen LogP contribution < -0.4 is 4.74 Å². The topological polar surface area (TPSA) is 38.7 Å². The Morgan fingerprint density at radius 2 is 2.05 bits per heavy atom. The van der Waals surface area contributed by atoms with Gasteiger partial charge in [-0.2, -0.15) is 0 Å². The molecule has 3 nitrogen and oxygen atoms in total. The predicted octanol–water partition coefficient (Wildman–Crippen LogP) is 3.35. The number of fused-ring (bicyclic) bond motifs is 1. The van der Waals surface area contributed by atoms with E-state index in [-0.39, 0.29) is 6.10 Å². The van der Waals surface area contributed by atoms with Gasteiger partial charge in [0.2, 0.25) is 0 Å². The Balaban J connectivity index is 2.00. The van der Waals surface area contributed by atoms with Crippen LogP contribution in [0.4, 0.5) is 0 Å². The summed E-state index contributed by atoms with van der Waals surface area (Å²) in [6, 6.07) is 14.0. The van der Waals surface area contributed by atoms with Crippen LogP contribution in [0.15, 0.2) is 42.5 Å². The Bertz CT molecular complexity index is 636. The highest BCUT2D eigenvalue weighted by Gasteiger charge is 2.30. The van der Waals surface area contributed by atoms with Crippen LogP contribution in [0.3, 0.4) is 0 Å². The summed E-state index contributed by atoms with van der Waals surface area (Å²) in [5, 5.41) is 10.8. The minimum absolute atomic E-state index is 0.342. The zero-order chi connectivity index (χ0) is 14.8. The van der Waals surface area contributed by atoms with Gasteiger partial charge in [0.15, 0.2) is 0 Å². The molecule has 3 rings (SSSR count). The van der Waals surface area contributed by atoms with E-state index in [1.165, 1.54) is 5.56 Å². The Labute approximate surface area is 125 Å². The van der Waals surface area contributed by atoms with E-state index >= 15 is 0 Å². The van der Waals surface area contributed by atoms with Crippen LogP contribution >= 0.6 is 0 Å². The molecular formula is C18H20O3. The molecule has 0 aliphatic carbocycles. The van der Waals surface area contributed by atoms with Crippen molar-refractivity contribution in [3.05, 3.63) is 64.7 Å². The lowest BCUT2D eigenvalue weighted by Crippen LogP contribution is -2.22. The van der Waals surface area contributed by atoms with E-state index in [0.717, 1.165) is 23.1 Å². The molecule has 0 fully saturated rings. The fraction of sp³-hybridized carbons (Fsp3) is 0.333. The van der Waals surface area contributed by atoms with E-state index in [4.69, 9.17) is 9.47 Å². The Morgan fingerprint density at radius 3 is 2.86 bits per heavy atom. The summed E-state index contributed by atoms with van der Waals surface area (Å²) < 4.78 is 11.2. The number of aliphatic hydroxyl groups is 1. The molecule has 1 N–H and O–H groups in total. The number of ether oxygens (including phenoxy) is 2. The highest BCUT2D eigenvalue weighted by atomic mass is 16.5. The van der Waals surface area contributed by atoms with Crippen molar-refractivity contribution in [2.75, 3.05) is 13.7 Å². The molecule has 2 unspecified atom stereocenters. The quantitative estimate of drug-likeness (QED) is 0.939. The maximum absolute atomic E-state index is 10.8. The van der Waals surface area contributed by atoms with Gasteiger partial charge in [0, 0.05) is 5.56 Å². The molecule has 21 heavy (non-hydrogen) atoms. The van der Waals surface area contributed by atoms with Crippen molar-refractivity contribution in [3.63, 3.8) is 0 Å². The first kappa shape index (κ1) is 14.1. The average Bonchev–Trinajstić information content (AvgIpc) is 2.53. The Kier molecular flexibility index (Phi) is 3.95. The number of aliphatic hydroxyl groups excluding tert-OH is 1. The number of methoxy groups -OCH3 is 1. The molecule has 1 aliphatic heterocycles. The van der Waals surface area contributed by atoms with E-state index in [1.54, 1.807) is 7.11 Å². The van der Waals surface area contributed by atoms with Crippen molar-refractivity contribution in [1.29, 1.82) is 0 Å². The first-order chi connectivity index (χ1) is 10.2. The third-order valence-corrected chi connectivity index (χ3v) is 4.02. The maximum atomic E-state index is 10.8. The summed E-state index contributed by atoms with van der Waals surface area (Å²) in [6.07, 6.45) is -0.184. The van der Waals surface area contributed by atoms with Gasteiger partial charge in [0.25, 0.3) is 0 Å². The summed E-state index contributed by atoms with van der Waals surface area (Å²) in [5.41, 5.74) is 4.19. The molecule has 2 aromatic rings. The van der Waals surface area contributed by atoms with Gasteiger partial charge in [-0.05, 0) is 36.6 Å². The molecule has 0 spiro atoms. The van der Waals surface area contributed by atoms with Crippen LogP contribution in [-0.2, 0) is 11.2 Å². The van der Waals surface area contributed by atoms with Crippen LogP contribution in [0.5, 0.6) is 5.75 Å². The minimum atomic E-state index is -0.735. The molecule has 1 heterocycles. The van der Waals surface area contributed by atoms with Crippen LogP contribution in [0.2, 0.25) is 0 Å². The molecule has 110 valence electrons. The van der Waals surface area contributed by atoms with Crippen LogP contribution in [-0.4, -0.2) is 18.8 Å². The third kappa shape index (κ3) is 2.67. The largest absolute Gasteiger partial charge is 0.496 e. The number of hydrogen-bond donors (Lipinski definition) is 1. The third-order valence-electron chi connectivity index (χ3n) is 4.02. The predicted molar refractivity (Wildman–Crippen MR) is 81.5 cm³/mol. The molecule has 2 aromatic carbocycles. The molecule has 3 heteroatoms. The van der Waals surface area contributed by atoms with E-state index in [0.29, 0.717) is 12.4 Å². The van der Waals surface area contributed by atoms with Gasteiger partial charge in [-0.15, -0.1) is 0 Å². The molecule has 0 bridgehead atoms. The van der Waals surface area contributed by atoms with Crippen molar-refractivity contribution in [2.45, 2.75) is 25.6 Å². The molecule has 2 atom stereocenters. The fourth-order valence-electron chi connectivity index (χ4n) is 2.93. The first-order valence-corrected chi connectivity index (χ1v) is 7.22. The molecule has 0 radical (unpaired) electrons. The van der Waals surface area contributed by atoms with Crippen molar-refractivity contribution in [3.8, 4) is 5.75 Å². The molecule has 0 amide bonds. The summed E-state index contributed by atoms with van der Waals surface area (Å²) in [7, 11) is 1.62. The standard InChI is InChI=1S/C18H20O3/c1-12-7-8-16(20-2)15(11-12)17(19)18-14-6-4-3-5-13(14)9-10-21-18/h3-8,11,17-19H,9-10H2,1-2H3. The second-order valence-electron chi connectivity index (χ2n) is 5.43. The highest BCUT2D eigenvalue weighted by Crippen LogP contribution is 2.40. The maximum Gasteiger partial charge on any atom is 0.124 e. The van der Waals surface area contributed by atoms with Crippen molar-refractivity contribution < 1.29 is 14.6 Å². The average molecular weight is 284 g/mol. The lowest BCUT2D eigenvalue weighted by molar-refractivity contribution is -0.0490. The minimum Gasteiger partial charge on any atom is -0.496 e. The van der Waals surface area contributed by atoms with Gasteiger partial charge in [-0.3, -0.25) is 0 Å². The van der Waals surface area contributed by atoms with Gasteiger partial charge in [-0.25, -0.2) is 0 Å². The molecule has 0 saturated heterocycles. The smallest absolute Gasteiger partial charge is 0.124 e. The first-order valence-electron chi connectivity index (χ1n) is 7.22. The molecule has 0 saturated carbocycles. The summed E-state index contributed by atoms with van der Waals surface area (Å²) in [5.74, 6) is 0.694. The van der Waals surface area contributed by atoms with Gasteiger partial charge in [-0.1, -0.05) is 35.9 Å². The van der Waals surface area contributed by atoms with Crippen LogP contribution in [0, 0.1) is 6.92 Å². The second kappa shape index (κ2) is 5.88. The van der Waals surface area contributed by atoms with E-state index in [2.05, 4.69) is 6.07 Å². The van der Waals surface area contributed by atoms with Gasteiger partial charge >= 0.3 is 0 Å². The number of aryl methyl sites for hydroxylation is 1. The van der Waals surface area contributed by atoms with Crippen molar-refractivity contribution >= 4 is 0 Å². The fourth-order valence-corrected chi connectivity index (χ4v) is 2.93. The Morgan fingerprint density at radius 1 is 1.24 bits per heavy atom. The van der Waals surface area contributed by atoms with Crippen LogP contribution in [0.25, 0.3) is 0 Å². The normalized spacial score (nSPS) is 18.9. The lowest BCUT2D eigenvalue weighted by atomic mass is 9.90. The molecular weight excluding hydrogens is 264 g/mol. The highest BCUT2D eigenvalue weighted by molar-refractivity contribution is 5.41. The van der Waals surface area contributed by atoms with Gasteiger partial charge in [0.1, 0.15) is 18.0 Å². The Hall–Kier alpha value is -1.84. The van der Waals surface area contributed by atoms with E-state index < -0.39 is 6.10 Å². The van der Waals surface area contributed by atoms with Gasteiger partial charge < -0.3 is 14.6 Å².